The van der Waals surface area contributed by atoms with Crippen molar-refractivity contribution >= 4 is 17.8 Å². The van der Waals surface area contributed by atoms with Gasteiger partial charge in [-0.05, 0) is 53.6 Å². The summed E-state index contributed by atoms with van der Waals surface area (Å²) in [6, 6.07) is 7.80. The first-order chi connectivity index (χ1) is 15.3. The van der Waals surface area contributed by atoms with Crippen LogP contribution in [0.5, 0.6) is 0 Å². The molecule has 3 rings (SSSR count). The van der Waals surface area contributed by atoms with E-state index in [1.54, 1.807) is 11.9 Å². The largest absolute Gasteiger partial charge is 0.340 e. The van der Waals surface area contributed by atoms with E-state index in [1.807, 2.05) is 12.1 Å². The summed E-state index contributed by atoms with van der Waals surface area (Å²) in [5.41, 5.74) is 1.73. The number of hydrogen-bond donors (Lipinski definition) is 1. The number of carbonyl (C=O) groups excluding carboxylic acids is 3. The normalized spacial score (nSPS) is 23.7. The van der Waals surface area contributed by atoms with E-state index < -0.39 is 11.6 Å². The van der Waals surface area contributed by atoms with Crippen molar-refractivity contribution in [3.05, 3.63) is 35.4 Å². The van der Waals surface area contributed by atoms with Crippen LogP contribution in [0.25, 0.3) is 0 Å². The standard InChI is InChI=1S/C27H41N3O3/c1-8-26(5,6)21-13-15-27(16-14-21)23(32)30(24(33)28-27)18-22(31)29(7)17-19-9-11-20(12-10-19)25(2,3)4/h9-12,21H,8,13-18H2,1-7H3,(H,28,33). The molecule has 2 fully saturated rings. The van der Waals surface area contributed by atoms with Gasteiger partial charge in [0.25, 0.3) is 5.91 Å². The zero-order valence-electron chi connectivity index (χ0n) is 21.5. The van der Waals surface area contributed by atoms with Crippen LogP contribution in [0.2, 0.25) is 0 Å². The molecule has 0 bridgehead atoms. The van der Waals surface area contributed by atoms with Crippen LogP contribution >= 0.6 is 0 Å². The fourth-order valence-corrected chi connectivity index (χ4v) is 5.07. The summed E-state index contributed by atoms with van der Waals surface area (Å²) >= 11 is 0. The van der Waals surface area contributed by atoms with Crippen LogP contribution in [0.3, 0.4) is 0 Å². The number of benzene rings is 1. The van der Waals surface area contributed by atoms with E-state index in [1.165, 1.54) is 5.56 Å². The van der Waals surface area contributed by atoms with Gasteiger partial charge in [-0.15, -0.1) is 0 Å². The fourth-order valence-electron chi connectivity index (χ4n) is 5.07. The van der Waals surface area contributed by atoms with E-state index >= 15 is 0 Å². The van der Waals surface area contributed by atoms with Gasteiger partial charge in [0.05, 0.1) is 0 Å². The highest BCUT2D eigenvalue weighted by Crippen LogP contribution is 2.45. The van der Waals surface area contributed by atoms with Gasteiger partial charge < -0.3 is 10.2 Å². The molecule has 1 aromatic rings. The molecule has 0 aromatic heterocycles. The highest BCUT2D eigenvalue weighted by molar-refractivity contribution is 6.09. The van der Waals surface area contributed by atoms with Crippen LogP contribution in [-0.2, 0) is 21.5 Å². The topological polar surface area (TPSA) is 69.7 Å². The number of rotatable bonds is 6. The average molecular weight is 456 g/mol. The summed E-state index contributed by atoms with van der Waals surface area (Å²) in [6.45, 7) is 13.5. The maximum Gasteiger partial charge on any atom is 0.325 e. The van der Waals surface area contributed by atoms with Crippen molar-refractivity contribution in [2.45, 2.75) is 91.1 Å². The molecule has 6 nitrogen and oxygen atoms in total. The molecular weight excluding hydrogens is 414 g/mol. The van der Waals surface area contributed by atoms with Crippen LogP contribution in [0.1, 0.15) is 84.8 Å². The molecular formula is C27H41N3O3. The lowest BCUT2D eigenvalue weighted by Crippen LogP contribution is -2.51. The molecule has 1 aliphatic carbocycles. The van der Waals surface area contributed by atoms with E-state index in [2.05, 4.69) is 59.0 Å². The maximum atomic E-state index is 13.2. The Bertz CT molecular complexity index is 890. The van der Waals surface area contributed by atoms with Crippen LogP contribution < -0.4 is 5.32 Å². The number of nitrogens with one attached hydrogen (secondary N) is 1. The quantitative estimate of drug-likeness (QED) is 0.623. The maximum absolute atomic E-state index is 13.2. The number of likely N-dealkylation sites (N-methyl/N-ethyl adjacent to an activating group) is 1. The van der Waals surface area contributed by atoms with Crippen molar-refractivity contribution in [3.8, 4) is 0 Å². The predicted molar refractivity (Wildman–Crippen MR) is 131 cm³/mol. The lowest BCUT2D eigenvalue weighted by Gasteiger charge is -2.42. The lowest BCUT2D eigenvalue weighted by atomic mass is 9.65. The molecule has 4 amide bonds. The summed E-state index contributed by atoms with van der Waals surface area (Å²) in [6.07, 6.45) is 4.22. The molecule has 1 heterocycles. The van der Waals surface area contributed by atoms with Gasteiger partial charge in [0.1, 0.15) is 12.1 Å². The second-order valence-electron chi connectivity index (χ2n) is 11.7. The zero-order chi connectivity index (χ0) is 24.6. The Hall–Kier alpha value is -2.37. The first kappa shape index (κ1) is 25.3. The van der Waals surface area contributed by atoms with Gasteiger partial charge in [-0.2, -0.15) is 0 Å². The van der Waals surface area contributed by atoms with Crippen molar-refractivity contribution in [1.29, 1.82) is 0 Å². The third-order valence-electron chi connectivity index (χ3n) is 8.06. The number of carbonyl (C=O) groups is 3. The Morgan fingerprint density at radius 3 is 2.18 bits per heavy atom. The zero-order valence-corrected chi connectivity index (χ0v) is 21.5. The minimum absolute atomic E-state index is 0.0745. The Kier molecular flexibility index (Phi) is 6.97. The van der Waals surface area contributed by atoms with E-state index in [9.17, 15) is 14.4 Å². The number of nitrogens with zero attached hydrogens (tertiary/aromatic N) is 2. The molecule has 1 saturated carbocycles. The second-order valence-corrected chi connectivity index (χ2v) is 11.7. The second kappa shape index (κ2) is 9.11. The molecule has 0 atom stereocenters. The van der Waals surface area contributed by atoms with Crippen LogP contribution in [-0.4, -0.2) is 46.8 Å². The lowest BCUT2D eigenvalue weighted by molar-refractivity contribution is -0.139. The fraction of sp³-hybridized carbons (Fsp3) is 0.667. The monoisotopic (exact) mass is 455 g/mol. The number of hydrogen-bond acceptors (Lipinski definition) is 3. The molecule has 1 aromatic carbocycles. The predicted octanol–water partition coefficient (Wildman–Crippen LogP) is 4.86. The SMILES string of the molecule is CCC(C)(C)C1CCC2(CC1)NC(=O)N(CC(=O)N(C)Cc1ccc(C(C)(C)C)cc1)C2=O. The van der Waals surface area contributed by atoms with Crippen molar-refractivity contribution in [1.82, 2.24) is 15.1 Å². The third-order valence-corrected chi connectivity index (χ3v) is 8.06. The first-order valence-electron chi connectivity index (χ1n) is 12.3. The Balaban J connectivity index is 1.60. The summed E-state index contributed by atoms with van der Waals surface area (Å²) in [4.78, 5) is 41.5. The Morgan fingerprint density at radius 2 is 1.67 bits per heavy atom. The highest BCUT2D eigenvalue weighted by Gasteiger charge is 2.53. The molecule has 2 aliphatic rings. The van der Waals surface area contributed by atoms with Gasteiger partial charge in [-0.1, -0.05) is 72.2 Å². The van der Waals surface area contributed by atoms with Crippen molar-refractivity contribution < 1.29 is 14.4 Å². The van der Waals surface area contributed by atoms with Gasteiger partial charge >= 0.3 is 6.03 Å². The summed E-state index contributed by atoms with van der Waals surface area (Å²) in [7, 11) is 1.71. The molecule has 6 heteroatoms. The van der Waals surface area contributed by atoms with Crippen LogP contribution in [0, 0.1) is 11.3 Å². The van der Waals surface area contributed by atoms with Gasteiger partial charge in [-0.25, -0.2) is 4.79 Å². The summed E-state index contributed by atoms with van der Waals surface area (Å²) in [5, 5.41) is 2.94. The molecule has 182 valence electrons. The van der Waals surface area contributed by atoms with Crippen LogP contribution in [0.4, 0.5) is 4.79 Å². The Morgan fingerprint density at radius 1 is 1.09 bits per heavy atom. The minimum Gasteiger partial charge on any atom is -0.340 e. The van der Waals surface area contributed by atoms with Crippen molar-refractivity contribution in [3.63, 3.8) is 0 Å². The van der Waals surface area contributed by atoms with Gasteiger partial charge in [0.2, 0.25) is 5.91 Å². The number of imide groups is 1. The molecule has 1 N–H and O–H groups in total. The van der Waals surface area contributed by atoms with Gasteiger partial charge in [-0.3, -0.25) is 14.5 Å². The summed E-state index contributed by atoms with van der Waals surface area (Å²) < 4.78 is 0. The number of amides is 4. The van der Waals surface area contributed by atoms with E-state index in [0.717, 1.165) is 29.7 Å². The smallest absolute Gasteiger partial charge is 0.325 e. The molecule has 1 saturated heterocycles. The Labute approximate surface area is 199 Å². The molecule has 1 aliphatic heterocycles. The van der Waals surface area contributed by atoms with E-state index in [4.69, 9.17) is 0 Å². The van der Waals surface area contributed by atoms with Gasteiger partial charge in [0, 0.05) is 13.6 Å². The molecule has 0 unspecified atom stereocenters. The van der Waals surface area contributed by atoms with E-state index in [-0.39, 0.29) is 29.2 Å². The minimum atomic E-state index is -0.834. The molecule has 33 heavy (non-hydrogen) atoms. The van der Waals surface area contributed by atoms with E-state index in [0.29, 0.717) is 25.3 Å². The molecule has 0 radical (unpaired) electrons. The third kappa shape index (κ3) is 5.25. The first-order valence-corrected chi connectivity index (χ1v) is 12.3. The number of urea groups is 1. The highest BCUT2D eigenvalue weighted by atomic mass is 16.2. The van der Waals surface area contributed by atoms with Crippen molar-refractivity contribution in [2.75, 3.05) is 13.6 Å². The average Bonchev–Trinajstić information content (AvgIpc) is 2.97. The van der Waals surface area contributed by atoms with Crippen molar-refractivity contribution in [2.24, 2.45) is 11.3 Å². The van der Waals surface area contributed by atoms with Crippen LogP contribution in [0.15, 0.2) is 24.3 Å². The summed E-state index contributed by atoms with van der Waals surface area (Å²) in [5.74, 6) is 0.0668. The molecule has 1 spiro atoms. The van der Waals surface area contributed by atoms with Gasteiger partial charge in [0.15, 0.2) is 0 Å².